The van der Waals surface area contributed by atoms with E-state index in [-0.39, 0.29) is 13.0 Å². The number of rotatable bonds is 6. The zero-order valence-corrected chi connectivity index (χ0v) is 15.2. The lowest BCUT2D eigenvalue weighted by Crippen LogP contribution is -2.53. The summed E-state index contributed by atoms with van der Waals surface area (Å²) in [4.78, 5) is 12.9. The number of hydrogen-bond acceptors (Lipinski definition) is 3. The summed E-state index contributed by atoms with van der Waals surface area (Å²) in [6.45, 7) is 6.69. The van der Waals surface area contributed by atoms with Gasteiger partial charge in [-0.05, 0) is 19.4 Å². The largest absolute Gasteiger partial charge is 0.471 e. The molecule has 0 unspecified atom stereocenters. The van der Waals surface area contributed by atoms with Crippen LogP contribution in [0.15, 0.2) is 43.0 Å². The van der Waals surface area contributed by atoms with E-state index in [9.17, 15) is 18.0 Å². The van der Waals surface area contributed by atoms with Gasteiger partial charge in [-0.15, -0.1) is 18.9 Å². The van der Waals surface area contributed by atoms with Crippen molar-refractivity contribution in [2.75, 3.05) is 0 Å². The molecule has 0 N–H and O–H groups in total. The molecule has 1 aromatic carbocycles. The Morgan fingerprint density at radius 3 is 2.52 bits per heavy atom. The predicted molar refractivity (Wildman–Crippen MR) is 94.3 cm³/mol. The Morgan fingerprint density at radius 2 is 2.00 bits per heavy atom. The van der Waals surface area contributed by atoms with Gasteiger partial charge in [0.05, 0.1) is 6.04 Å². The average molecular weight is 381 g/mol. The van der Waals surface area contributed by atoms with E-state index >= 15 is 0 Å². The number of benzene rings is 1. The molecule has 27 heavy (non-hydrogen) atoms. The molecule has 1 aromatic rings. The van der Waals surface area contributed by atoms with Crippen molar-refractivity contribution in [3.63, 3.8) is 0 Å². The summed E-state index contributed by atoms with van der Waals surface area (Å²) < 4.78 is 51.3. The molecular formula is C20H22F3NO3. The van der Waals surface area contributed by atoms with Gasteiger partial charge in [0.2, 0.25) is 0 Å². The fourth-order valence-corrected chi connectivity index (χ4v) is 3.10. The number of nitrogens with zero attached hydrogens (tertiary/aromatic N) is 1. The topological polar surface area (TPSA) is 38.8 Å². The number of alkyl halides is 3. The third-order valence-corrected chi connectivity index (χ3v) is 4.20. The van der Waals surface area contributed by atoms with Crippen molar-refractivity contribution >= 4 is 5.91 Å². The molecule has 0 saturated carbocycles. The Bertz CT molecular complexity index is 709. The first-order valence-corrected chi connectivity index (χ1v) is 8.42. The minimum absolute atomic E-state index is 0.122. The first-order chi connectivity index (χ1) is 12.6. The Balaban J connectivity index is 2.43. The Kier molecular flexibility index (Phi) is 6.34. The summed E-state index contributed by atoms with van der Waals surface area (Å²) in [6.07, 6.45) is 0.115. The molecule has 7 heteroatoms. The predicted octanol–water partition coefficient (Wildman–Crippen LogP) is 3.68. The normalized spacial score (nSPS) is 22.7. The van der Waals surface area contributed by atoms with Crippen LogP contribution in [0.2, 0.25) is 0 Å². The van der Waals surface area contributed by atoms with Crippen molar-refractivity contribution in [1.29, 1.82) is 0 Å². The van der Waals surface area contributed by atoms with Gasteiger partial charge in [0.25, 0.3) is 0 Å². The van der Waals surface area contributed by atoms with Crippen LogP contribution in [0.25, 0.3) is 0 Å². The number of amides is 1. The van der Waals surface area contributed by atoms with Crippen molar-refractivity contribution in [3.05, 3.63) is 48.6 Å². The summed E-state index contributed by atoms with van der Waals surface area (Å²) >= 11 is 0. The molecule has 0 bridgehead atoms. The van der Waals surface area contributed by atoms with E-state index in [2.05, 4.69) is 12.5 Å². The van der Waals surface area contributed by atoms with Crippen molar-refractivity contribution in [3.8, 4) is 12.3 Å². The van der Waals surface area contributed by atoms with E-state index in [1.54, 1.807) is 44.2 Å². The first kappa shape index (κ1) is 21.0. The van der Waals surface area contributed by atoms with Gasteiger partial charge in [-0.3, -0.25) is 4.79 Å². The van der Waals surface area contributed by atoms with Gasteiger partial charge in [0, 0.05) is 13.0 Å². The van der Waals surface area contributed by atoms with Gasteiger partial charge in [0.15, 0.2) is 5.79 Å². The van der Waals surface area contributed by atoms with Crippen LogP contribution >= 0.6 is 0 Å². The molecule has 1 aliphatic heterocycles. The third-order valence-electron chi connectivity index (χ3n) is 4.20. The van der Waals surface area contributed by atoms with Crippen LogP contribution in [0.1, 0.15) is 25.8 Å². The van der Waals surface area contributed by atoms with Crippen LogP contribution in [0.3, 0.4) is 0 Å². The van der Waals surface area contributed by atoms with Crippen LogP contribution in [-0.2, 0) is 20.8 Å². The van der Waals surface area contributed by atoms with Gasteiger partial charge < -0.3 is 14.4 Å². The first-order valence-electron chi connectivity index (χ1n) is 8.42. The van der Waals surface area contributed by atoms with E-state index in [1.807, 2.05) is 0 Å². The third kappa shape index (κ3) is 5.12. The van der Waals surface area contributed by atoms with Crippen molar-refractivity contribution in [1.82, 2.24) is 4.90 Å². The zero-order chi connectivity index (χ0) is 20.2. The molecule has 1 aliphatic rings. The summed E-state index contributed by atoms with van der Waals surface area (Å²) in [6, 6.07) is 7.37. The molecule has 0 radical (unpaired) electrons. The van der Waals surface area contributed by atoms with Crippen LogP contribution < -0.4 is 0 Å². The standard InChI is InChI=1S/C20H22F3NO3/c1-5-10-15(17-16(6-2)26-19(3,4)27-17)24(18(25)20(21,22)23)13-14-11-8-7-9-12-14/h1,6-9,11-12,15-17H,2,10,13H2,3-4H3/t15-,16+,17-/m0/s1. The Hall–Kier alpha value is -2.30. The van der Waals surface area contributed by atoms with Gasteiger partial charge in [0.1, 0.15) is 12.2 Å². The molecule has 1 amide bonds. The molecule has 0 spiro atoms. The highest BCUT2D eigenvalue weighted by Crippen LogP contribution is 2.35. The summed E-state index contributed by atoms with van der Waals surface area (Å²) in [5.41, 5.74) is 0.547. The van der Waals surface area contributed by atoms with Crippen LogP contribution in [0.4, 0.5) is 13.2 Å². The molecule has 0 aliphatic carbocycles. The number of carbonyl (C=O) groups is 1. The monoisotopic (exact) mass is 381 g/mol. The second-order valence-electron chi connectivity index (χ2n) is 6.69. The van der Waals surface area contributed by atoms with E-state index in [0.29, 0.717) is 5.56 Å². The molecular weight excluding hydrogens is 359 g/mol. The highest BCUT2D eigenvalue weighted by molar-refractivity contribution is 5.82. The molecule has 4 nitrogen and oxygen atoms in total. The Labute approximate surface area is 156 Å². The quantitative estimate of drug-likeness (QED) is 0.557. The number of ether oxygens (including phenoxy) is 2. The lowest BCUT2D eigenvalue weighted by Gasteiger charge is -2.35. The van der Waals surface area contributed by atoms with Crippen molar-refractivity contribution in [2.45, 2.75) is 57.0 Å². The SMILES string of the molecule is C#CC[C@@H]([C@@H]1OC(C)(C)O[C@@H]1C=C)N(Cc1ccccc1)C(=O)C(F)(F)F. The lowest BCUT2D eigenvalue weighted by atomic mass is 9.99. The van der Waals surface area contributed by atoms with Crippen molar-refractivity contribution in [2.24, 2.45) is 0 Å². The highest BCUT2D eigenvalue weighted by atomic mass is 19.4. The number of hydrogen-bond donors (Lipinski definition) is 0. The minimum atomic E-state index is -5.04. The van der Waals surface area contributed by atoms with Gasteiger partial charge in [-0.25, -0.2) is 0 Å². The van der Waals surface area contributed by atoms with Crippen LogP contribution in [0, 0.1) is 12.3 Å². The maximum atomic E-state index is 13.3. The molecule has 2 rings (SSSR count). The lowest BCUT2D eigenvalue weighted by molar-refractivity contribution is -0.193. The summed E-state index contributed by atoms with van der Waals surface area (Å²) in [7, 11) is 0. The van der Waals surface area contributed by atoms with Crippen LogP contribution in [0.5, 0.6) is 0 Å². The van der Waals surface area contributed by atoms with E-state index in [4.69, 9.17) is 15.9 Å². The Morgan fingerprint density at radius 1 is 1.37 bits per heavy atom. The van der Waals surface area contributed by atoms with E-state index in [1.165, 1.54) is 6.08 Å². The molecule has 1 heterocycles. The smallest absolute Gasteiger partial charge is 0.342 e. The maximum absolute atomic E-state index is 13.3. The van der Waals surface area contributed by atoms with Gasteiger partial charge >= 0.3 is 12.1 Å². The van der Waals surface area contributed by atoms with Gasteiger partial charge in [-0.1, -0.05) is 36.4 Å². The zero-order valence-electron chi connectivity index (χ0n) is 15.2. The molecule has 0 aromatic heterocycles. The van der Waals surface area contributed by atoms with Crippen molar-refractivity contribution < 1.29 is 27.4 Å². The fourth-order valence-electron chi connectivity index (χ4n) is 3.10. The number of halogens is 3. The number of carbonyl (C=O) groups excluding carboxylic acids is 1. The number of terminal acetylenes is 1. The second kappa shape index (κ2) is 8.15. The molecule has 1 fully saturated rings. The van der Waals surface area contributed by atoms with E-state index < -0.39 is 36.1 Å². The summed E-state index contributed by atoms with van der Waals surface area (Å²) in [5.74, 6) is -0.643. The van der Waals surface area contributed by atoms with Crippen LogP contribution in [-0.4, -0.2) is 41.0 Å². The van der Waals surface area contributed by atoms with E-state index in [0.717, 1.165) is 4.90 Å². The maximum Gasteiger partial charge on any atom is 0.471 e. The summed E-state index contributed by atoms with van der Waals surface area (Å²) in [5, 5.41) is 0. The second-order valence-corrected chi connectivity index (χ2v) is 6.69. The molecule has 3 atom stereocenters. The molecule has 1 saturated heterocycles. The highest BCUT2D eigenvalue weighted by Gasteiger charge is 2.50. The fraction of sp³-hybridized carbons (Fsp3) is 0.450. The van der Waals surface area contributed by atoms with Gasteiger partial charge in [-0.2, -0.15) is 13.2 Å². The molecule has 146 valence electrons. The average Bonchev–Trinajstić information content (AvgIpc) is 2.92. The minimum Gasteiger partial charge on any atom is -0.342 e.